The largest absolute Gasteiger partial charge is 0.364 e. The highest BCUT2D eigenvalue weighted by molar-refractivity contribution is 7.89. The molecule has 3 atom stereocenters. The molecule has 9 heteroatoms. The maximum absolute atomic E-state index is 12.8. The van der Waals surface area contributed by atoms with Crippen LogP contribution in [0.25, 0.3) is 0 Å². The Balaban J connectivity index is 0.00000192. The van der Waals surface area contributed by atoms with Crippen LogP contribution in [-0.4, -0.2) is 42.3 Å². The molecule has 3 rings (SSSR count). The molecule has 4 N–H and O–H groups in total. The first-order valence-electron chi connectivity index (χ1n) is 7.52. The zero-order valence-electron chi connectivity index (χ0n) is 13.0. The van der Waals surface area contributed by atoms with Gasteiger partial charge >= 0.3 is 0 Å². The molecule has 3 unspecified atom stereocenters. The summed E-state index contributed by atoms with van der Waals surface area (Å²) >= 11 is 0. The minimum Gasteiger partial charge on any atom is -0.364 e. The SMILES string of the molecule is Cl.Cn1cc(S(=O)(=O)N2CC3CCCC(N)C3C2)cc1C(N)=O. The van der Waals surface area contributed by atoms with Gasteiger partial charge in [-0.1, -0.05) is 6.42 Å². The normalized spacial score (nSPS) is 28.2. The van der Waals surface area contributed by atoms with Crippen molar-refractivity contribution in [2.75, 3.05) is 13.1 Å². The third-order valence-corrected chi connectivity index (χ3v) is 6.79. The van der Waals surface area contributed by atoms with Gasteiger partial charge in [0.05, 0.1) is 0 Å². The number of hydrogen-bond donors (Lipinski definition) is 2. The molecule has 1 amide bonds. The molecule has 0 bridgehead atoms. The van der Waals surface area contributed by atoms with Gasteiger partial charge in [0.1, 0.15) is 10.6 Å². The van der Waals surface area contributed by atoms with Gasteiger partial charge in [0.25, 0.3) is 5.91 Å². The van der Waals surface area contributed by atoms with Crippen LogP contribution in [0.2, 0.25) is 0 Å². The average molecular weight is 363 g/mol. The summed E-state index contributed by atoms with van der Waals surface area (Å²) in [5.74, 6) is -0.0539. The van der Waals surface area contributed by atoms with Crippen molar-refractivity contribution in [2.45, 2.75) is 30.2 Å². The zero-order chi connectivity index (χ0) is 16.1. The molecule has 130 valence electrons. The van der Waals surface area contributed by atoms with Gasteiger partial charge in [-0.2, -0.15) is 4.31 Å². The lowest BCUT2D eigenvalue weighted by molar-refractivity contribution is 0.0992. The summed E-state index contributed by atoms with van der Waals surface area (Å²) in [7, 11) is -2.00. The summed E-state index contributed by atoms with van der Waals surface area (Å²) in [6, 6.07) is 1.43. The van der Waals surface area contributed by atoms with Crippen LogP contribution in [0.1, 0.15) is 29.8 Å². The predicted molar refractivity (Wildman–Crippen MR) is 88.7 cm³/mol. The Hall–Kier alpha value is -1.09. The van der Waals surface area contributed by atoms with E-state index < -0.39 is 15.9 Å². The van der Waals surface area contributed by atoms with Gasteiger partial charge in [0, 0.05) is 32.4 Å². The quantitative estimate of drug-likeness (QED) is 0.804. The third-order valence-electron chi connectivity index (χ3n) is 4.99. The van der Waals surface area contributed by atoms with Crippen molar-refractivity contribution in [1.82, 2.24) is 8.87 Å². The van der Waals surface area contributed by atoms with Crippen LogP contribution in [0.5, 0.6) is 0 Å². The van der Waals surface area contributed by atoms with Gasteiger partial charge in [-0.15, -0.1) is 12.4 Å². The van der Waals surface area contributed by atoms with Crippen molar-refractivity contribution in [1.29, 1.82) is 0 Å². The van der Waals surface area contributed by atoms with Crippen molar-refractivity contribution in [3.8, 4) is 0 Å². The maximum Gasteiger partial charge on any atom is 0.265 e. The topological polar surface area (TPSA) is 111 Å². The van der Waals surface area contributed by atoms with E-state index in [1.54, 1.807) is 7.05 Å². The summed E-state index contributed by atoms with van der Waals surface area (Å²) in [6.45, 7) is 0.983. The molecular formula is C14H23ClN4O3S. The summed E-state index contributed by atoms with van der Waals surface area (Å²) in [5.41, 5.74) is 11.6. The van der Waals surface area contributed by atoms with E-state index in [9.17, 15) is 13.2 Å². The molecule has 2 heterocycles. The number of rotatable bonds is 3. The monoisotopic (exact) mass is 362 g/mol. The first kappa shape index (κ1) is 18.3. The Kier molecular flexibility index (Phi) is 5.10. The summed E-state index contributed by atoms with van der Waals surface area (Å²) in [5, 5.41) is 0. The van der Waals surface area contributed by atoms with Crippen molar-refractivity contribution < 1.29 is 13.2 Å². The van der Waals surface area contributed by atoms with E-state index in [1.165, 1.54) is 21.1 Å². The first-order chi connectivity index (χ1) is 10.3. The van der Waals surface area contributed by atoms with Gasteiger partial charge in [0.15, 0.2) is 0 Å². The number of aromatic nitrogens is 1. The Labute approximate surface area is 142 Å². The molecule has 0 spiro atoms. The predicted octanol–water partition coefficient (Wildman–Crippen LogP) is 0.294. The van der Waals surface area contributed by atoms with Crippen LogP contribution in [0.15, 0.2) is 17.2 Å². The van der Waals surface area contributed by atoms with Crippen LogP contribution in [-0.2, 0) is 17.1 Å². The van der Waals surface area contributed by atoms with E-state index in [4.69, 9.17) is 11.5 Å². The van der Waals surface area contributed by atoms with E-state index in [-0.39, 0.29) is 35.0 Å². The van der Waals surface area contributed by atoms with E-state index in [2.05, 4.69) is 0 Å². The lowest BCUT2D eigenvalue weighted by atomic mass is 9.78. The fraction of sp³-hybridized carbons (Fsp3) is 0.643. The van der Waals surface area contributed by atoms with Gasteiger partial charge < -0.3 is 16.0 Å². The van der Waals surface area contributed by atoms with Crippen LogP contribution < -0.4 is 11.5 Å². The minimum atomic E-state index is -3.61. The van der Waals surface area contributed by atoms with Crippen molar-refractivity contribution in [2.24, 2.45) is 30.4 Å². The van der Waals surface area contributed by atoms with Crippen LogP contribution >= 0.6 is 12.4 Å². The molecule has 1 saturated heterocycles. The fourth-order valence-electron chi connectivity index (χ4n) is 3.74. The number of carbonyl (C=O) groups excluding carboxylic acids is 1. The molecule has 1 aliphatic carbocycles. The number of aryl methyl sites for hydroxylation is 1. The fourth-order valence-corrected chi connectivity index (χ4v) is 5.35. The van der Waals surface area contributed by atoms with Crippen molar-refractivity contribution in [3.05, 3.63) is 18.0 Å². The standard InChI is InChI=1S/C14H22N4O3S.ClH/c1-17-7-10(5-13(17)14(16)19)22(20,21)18-6-9-3-2-4-12(15)11(9)8-18;/h5,7,9,11-12H,2-4,6,8,15H2,1H3,(H2,16,19);1H. The highest BCUT2D eigenvalue weighted by atomic mass is 35.5. The number of halogens is 1. The van der Waals surface area contributed by atoms with Crippen LogP contribution in [0, 0.1) is 11.8 Å². The molecule has 0 radical (unpaired) electrons. The average Bonchev–Trinajstić information content (AvgIpc) is 3.03. The molecule has 1 saturated carbocycles. The van der Waals surface area contributed by atoms with E-state index >= 15 is 0 Å². The maximum atomic E-state index is 12.8. The van der Waals surface area contributed by atoms with E-state index in [1.807, 2.05) is 0 Å². The highest BCUT2D eigenvalue weighted by Crippen LogP contribution is 2.37. The Bertz CT molecular complexity index is 703. The van der Waals surface area contributed by atoms with Gasteiger partial charge in [-0.05, 0) is 30.7 Å². The van der Waals surface area contributed by atoms with E-state index in [0.29, 0.717) is 19.0 Å². The molecule has 2 aliphatic rings. The Morgan fingerprint density at radius 3 is 2.57 bits per heavy atom. The molecule has 1 aromatic heterocycles. The second-order valence-electron chi connectivity index (χ2n) is 6.38. The number of hydrogen-bond acceptors (Lipinski definition) is 4. The van der Waals surface area contributed by atoms with Crippen LogP contribution in [0.3, 0.4) is 0 Å². The Morgan fingerprint density at radius 2 is 2.00 bits per heavy atom. The zero-order valence-corrected chi connectivity index (χ0v) is 14.6. The van der Waals surface area contributed by atoms with Crippen molar-refractivity contribution in [3.63, 3.8) is 0 Å². The smallest absolute Gasteiger partial charge is 0.265 e. The molecule has 1 aliphatic heterocycles. The first-order valence-corrected chi connectivity index (χ1v) is 8.96. The van der Waals surface area contributed by atoms with Gasteiger partial charge in [0.2, 0.25) is 10.0 Å². The molecular weight excluding hydrogens is 340 g/mol. The number of amides is 1. The summed E-state index contributed by atoms with van der Waals surface area (Å²) < 4.78 is 28.5. The third kappa shape index (κ3) is 3.13. The number of nitrogens with two attached hydrogens (primary N) is 2. The number of nitrogens with zero attached hydrogens (tertiary/aromatic N) is 2. The van der Waals surface area contributed by atoms with E-state index in [0.717, 1.165) is 19.3 Å². The minimum absolute atomic E-state index is 0. The number of carbonyl (C=O) groups is 1. The Morgan fingerprint density at radius 1 is 1.30 bits per heavy atom. The van der Waals surface area contributed by atoms with Gasteiger partial charge in [-0.3, -0.25) is 4.79 Å². The lowest BCUT2D eigenvalue weighted by Gasteiger charge is -2.29. The molecule has 23 heavy (non-hydrogen) atoms. The summed E-state index contributed by atoms with van der Waals surface area (Å²) in [4.78, 5) is 11.4. The summed E-state index contributed by atoms with van der Waals surface area (Å²) in [6.07, 6.45) is 4.50. The molecule has 1 aromatic rings. The second-order valence-corrected chi connectivity index (χ2v) is 8.31. The lowest BCUT2D eigenvalue weighted by Crippen LogP contribution is -2.38. The number of fused-ring (bicyclic) bond motifs is 1. The number of sulfonamides is 1. The highest BCUT2D eigenvalue weighted by Gasteiger charge is 2.43. The molecule has 0 aromatic carbocycles. The molecule has 7 nitrogen and oxygen atoms in total. The number of primary amides is 1. The van der Waals surface area contributed by atoms with Crippen LogP contribution in [0.4, 0.5) is 0 Å². The van der Waals surface area contributed by atoms with Gasteiger partial charge in [-0.25, -0.2) is 8.42 Å². The molecule has 2 fully saturated rings. The second kappa shape index (κ2) is 6.43. The van der Waals surface area contributed by atoms with Crippen molar-refractivity contribution >= 4 is 28.3 Å².